The van der Waals surface area contributed by atoms with E-state index in [0.29, 0.717) is 27.9 Å². The van der Waals surface area contributed by atoms with E-state index in [0.717, 1.165) is 11.1 Å². The summed E-state index contributed by atoms with van der Waals surface area (Å²) < 4.78 is 20.5. The Bertz CT molecular complexity index is 1160. The van der Waals surface area contributed by atoms with Gasteiger partial charge in [0.1, 0.15) is 18.2 Å². The Kier molecular flexibility index (Phi) is 6.11. The number of halogens is 2. The Labute approximate surface area is 181 Å². The summed E-state index contributed by atoms with van der Waals surface area (Å²) in [5.74, 6) is -0.0920. The second kappa shape index (κ2) is 9.11. The fraction of sp³-hybridized carbons (Fsp3) is 0.0909. The van der Waals surface area contributed by atoms with Gasteiger partial charge >= 0.3 is 0 Å². The van der Waals surface area contributed by atoms with Crippen molar-refractivity contribution in [3.8, 4) is 5.75 Å². The fourth-order valence-corrected chi connectivity index (χ4v) is 3.74. The zero-order valence-electron chi connectivity index (χ0n) is 15.7. The average molecular weight is 442 g/mol. The molecule has 0 unspecified atom stereocenters. The van der Waals surface area contributed by atoms with Gasteiger partial charge < -0.3 is 10.1 Å². The van der Waals surface area contributed by atoms with Crippen LogP contribution in [-0.2, 0) is 13.2 Å². The van der Waals surface area contributed by atoms with Gasteiger partial charge in [0.05, 0.1) is 22.6 Å². The highest BCUT2D eigenvalue weighted by Gasteiger charge is 2.10. The van der Waals surface area contributed by atoms with E-state index in [9.17, 15) is 9.18 Å². The maximum Gasteiger partial charge on any atom is 0.265 e. The number of carbonyl (C=O) groups is 1. The number of amides is 1. The van der Waals surface area contributed by atoms with Crippen LogP contribution in [-0.4, -0.2) is 15.7 Å². The van der Waals surface area contributed by atoms with Crippen molar-refractivity contribution in [3.05, 3.63) is 99.2 Å². The molecule has 0 atom stereocenters. The normalized spacial score (nSPS) is 10.7. The summed E-state index contributed by atoms with van der Waals surface area (Å²) in [5.41, 5.74) is 2.59. The molecule has 4 aromatic rings. The molecule has 0 saturated heterocycles. The van der Waals surface area contributed by atoms with Crippen LogP contribution in [0.15, 0.2) is 72.4 Å². The van der Waals surface area contributed by atoms with Gasteiger partial charge in [-0.05, 0) is 41.3 Å². The standard InChI is InChI=1S/C22H17ClFN3O2S/c23-17-10-25-27(12-17)11-15-4-6-19(7-5-15)26-22(28)21-8-16(14-30-21)13-29-20-3-1-2-18(24)9-20/h1-10,12,14H,11,13H2,(H,26,28). The molecule has 4 rings (SSSR count). The molecule has 8 heteroatoms. The average Bonchev–Trinajstić information content (AvgIpc) is 3.37. The number of aromatic nitrogens is 2. The topological polar surface area (TPSA) is 56.2 Å². The highest BCUT2D eigenvalue weighted by atomic mass is 35.5. The molecule has 0 aliphatic carbocycles. The van der Waals surface area contributed by atoms with E-state index in [1.165, 1.54) is 23.5 Å². The van der Waals surface area contributed by atoms with Gasteiger partial charge in [0.25, 0.3) is 5.91 Å². The van der Waals surface area contributed by atoms with E-state index < -0.39 is 0 Å². The summed E-state index contributed by atoms with van der Waals surface area (Å²) >= 11 is 7.21. The first-order valence-electron chi connectivity index (χ1n) is 9.09. The monoisotopic (exact) mass is 441 g/mol. The van der Waals surface area contributed by atoms with Gasteiger partial charge in [0.2, 0.25) is 0 Å². The van der Waals surface area contributed by atoms with Crippen LogP contribution in [0.4, 0.5) is 10.1 Å². The van der Waals surface area contributed by atoms with Gasteiger partial charge in [-0.1, -0.05) is 29.8 Å². The van der Waals surface area contributed by atoms with Gasteiger partial charge in [0.15, 0.2) is 0 Å². The lowest BCUT2D eigenvalue weighted by atomic mass is 10.2. The Balaban J connectivity index is 1.32. The van der Waals surface area contributed by atoms with Crippen molar-refractivity contribution < 1.29 is 13.9 Å². The molecule has 0 spiro atoms. The lowest BCUT2D eigenvalue weighted by molar-refractivity contribution is 0.103. The Morgan fingerprint density at radius 3 is 2.73 bits per heavy atom. The van der Waals surface area contributed by atoms with Crippen LogP contribution in [0.2, 0.25) is 5.02 Å². The van der Waals surface area contributed by atoms with Gasteiger partial charge in [-0.3, -0.25) is 9.48 Å². The molecule has 0 aliphatic heterocycles. The highest BCUT2D eigenvalue weighted by molar-refractivity contribution is 7.12. The number of benzene rings is 2. The van der Waals surface area contributed by atoms with Crippen LogP contribution in [0.1, 0.15) is 20.8 Å². The molecule has 2 heterocycles. The van der Waals surface area contributed by atoms with Gasteiger partial charge in [-0.2, -0.15) is 5.10 Å². The number of thiophene rings is 1. The van der Waals surface area contributed by atoms with Gasteiger partial charge in [-0.15, -0.1) is 11.3 Å². The molecule has 1 N–H and O–H groups in total. The Hall–Kier alpha value is -3.16. The van der Waals surface area contributed by atoms with Crippen LogP contribution in [0.5, 0.6) is 5.75 Å². The molecule has 0 bridgehead atoms. The summed E-state index contributed by atoms with van der Waals surface area (Å²) in [4.78, 5) is 13.1. The minimum absolute atomic E-state index is 0.191. The molecule has 0 fully saturated rings. The fourth-order valence-electron chi connectivity index (χ4n) is 2.79. The maximum absolute atomic E-state index is 13.2. The van der Waals surface area contributed by atoms with Crippen LogP contribution < -0.4 is 10.1 Å². The number of hydrogen-bond acceptors (Lipinski definition) is 4. The van der Waals surface area contributed by atoms with E-state index in [2.05, 4.69) is 10.4 Å². The molecule has 0 aliphatic rings. The first-order chi connectivity index (χ1) is 14.5. The predicted octanol–water partition coefficient (Wildman–Crippen LogP) is 5.62. The van der Waals surface area contributed by atoms with E-state index in [1.54, 1.807) is 35.3 Å². The molecular weight excluding hydrogens is 425 g/mol. The molecule has 1 amide bonds. The lowest BCUT2D eigenvalue weighted by Gasteiger charge is -2.06. The smallest absolute Gasteiger partial charge is 0.265 e. The van der Waals surface area contributed by atoms with E-state index in [1.807, 2.05) is 29.6 Å². The van der Waals surface area contributed by atoms with Crippen LogP contribution in [0.25, 0.3) is 0 Å². The summed E-state index contributed by atoms with van der Waals surface area (Å²) in [5, 5.41) is 9.48. The number of ether oxygens (including phenoxy) is 1. The van der Waals surface area contributed by atoms with Crippen molar-refractivity contribution in [2.24, 2.45) is 0 Å². The molecule has 30 heavy (non-hydrogen) atoms. The van der Waals surface area contributed by atoms with Crippen molar-refractivity contribution >= 4 is 34.5 Å². The van der Waals surface area contributed by atoms with E-state index >= 15 is 0 Å². The van der Waals surface area contributed by atoms with E-state index in [4.69, 9.17) is 16.3 Å². The lowest BCUT2D eigenvalue weighted by Crippen LogP contribution is -2.10. The molecule has 5 nitrogen and oxygen atoms in total. The predicted molar refractivity (Wildman–Crippen MR) is 116 cm³/mol. The summed E-state index contributed by atoms with van der Waals surface area (Å²) in [7, 11) is 0. The molecule has 152 valence electrons. The quantitative estimate of drug-likeness (QED) is 0.405. The van der Waals surface area contributed by atoms with Crippen LogP contribution in [0.3, 0.4) is 0 Å². The first kappa shape index (κ1) is 20.1. The second-order valence-corrected chi connectivity index (χ2v) is 7.92. The Morgan fingerprint density at radius 2 is 2.00 bits per heavy atom. The second-order valence-electron chi connectivity index (χ2n) is 6.57. The summed E-state index contributed by atoms with van der Waals surface area (Å²) in [6.07, 6.45) is 3.35. The summed E-state index contributed by atoms with van der Waals surface area (Å²) in [6, 6.07) is 15.3. The molecule has 0 radical (unpaired) electrons. The van der Waals surface area contributed by atoms with Crippen molar-refractivity contribution in [3.63, 3.8) is 0 Å². The number of nitrogens with zero attached hydrogens (tertiary/aromatic N) is 2. The number of anilines is 1. The minimum Gasteiger partial charge on any atom is -0.489 e. The van der Waals surface area contributed by atoms with Gasteiger partial charge in [0, 0.05) is 23.5 Å². The van der Waals surface area contributed by atoms with Crippen molar-refractivity contribution in [2.45, 2.75) is 13.2 Å². The number of carbonyl (C=O) groups excluding carboxylic acids is 1. The summed E-state index contributed by atoms with van der Waals surface area (Å²) in [6.45, 7) is 0.861. The van der Waals surface area contributed by atoms with Crippen LogP contribution >= 0.6 is 22.9 Å². The van der Waals surface area contributed by atoms with Crippen molar-refractivity contribution in [1.29, 1.82) is 0 Å². The van der Waals surface area contributed by atoms with Crippen LogP contribution in [0, 0.1) is 5.82 Å². The molecule has 2 aromatic carbocycles. The number of nitrogens with one attached hydrogen (secondary N) is 1. The largest absolute Gasteiger partial charge is 0.489 e. The third-order valence-corrected chi connectivity index (χ3v) is 5.41. The van der Waals surface area contributed by atoms with Crippen molar-refractivity contribution in [2.75, 3.05) is 5.32 Å². The third-order valence-electron chi connectivity index (χ3n) is 4.24. The number of hydrogen-bond donors (Lipinski definition) is 1. The number of rotatable bonds is 7. The SMILES string of the molecule is O=C(Nc1ccc(Cn2cc(Cl)cn2)cc1)c1cc(COc2cccc(F)c2)cs1. The zero-order valence-corrected chi connectivity index (χ0v) is 17.3. The zero-order chi connectivity index (χ0) is 20.9. The Morgan fingerprint density at radius 1 is 1.17 bits per heavy atom. The maximum atomic E-state index is 13.2. The first-order valence-corrected chi connectivity index (χ1v) is 10.3. The highest BCUT2D eigenvalue weighted by Crippen LogP contribution is 2.20. The third kappa shape index (κ3) is 5.25. The molecule has 0 saturated carbocycles. The molecule has 2 aromatic heterocycles. The molecular formula is C22H17ClFN3O2S. The van der Waals surface area contributed by atoms with Crippen molar-refractivity contribution in [1.82, 2.24) is 9.78 Å². The van der Waals surface area contributed by atoms with E-state index in [-0.39, 0.29) is 18.3 Å². The minimum atomic E-state index is -0.350. The van der Waals surface area contributed by atoms with Gasteiger partial charge in [-0.25, -0.2) is 4.39 Å².